The molecule has 0 aliphatic rings. The minimum atomic E-state index is -5.39. The van der Waals surface area contributed by atoms with Crippen LogP contribution in [0.5, 0.6) is 0 Å². The molecule has 0 aromatic heterocycles. The van der Waals surface area contributed by atoms with Crippen LogP contribution in [0.2, 0.25) is 0 Å². The fourth-order valence-electron chi connectivity index (χ4n) is 0. The summed E-state index contributed by atoms with van der Waals surface area (Å²) >= 11 is 0. The zero-order valence-electron chi connectivity index (χ0n) is 3.08. The van der Waals surface area contributed by atoms with E-state index in [4.69, 9.17) is 19.2 Å². The van der Waals surface area contributed by atoms with Gasteiger partial charge in [-0.05, 0) is 0 Å². The van der Waals surface area contributed by atoms with Crippen molar-refractivity contribution in [1.29, 1.82) is 0 Å². The summed E-state index contributed by atoms with van der Waals surface area (Å²) in [5.41, 5.74) is 0. The van der Waals surface area contributed by atoms with Gasteiger partial charge in [0.2, 0.25) is 0 Å². The van der Waals surface area contributed by atoms with E-state index >= 15 is 0 Å². The van der Waals surface area contributed by atoms with Crippen LogP contribution in [0, 0.1) is 0 Å². The minimum absolute atomic E-state index is 0. The molecule has 0 saturated heterocycles. The van der Waals surface area contributed by atoms with Crippen LogP contribution in [0.4, 0.5) is 0 Å². The van der Waals surface area contributed by atoms with Crippen molar-refractivity contribution in [2.24, 2.45) is 0 Å². The van der Waals surface area contributed by atoms with Gasteiger partial charge in [0, 0.05) is 0 Å². The van der Waals surface area contributed by atoms with Crippen LogP contribution in [-0.4, -0.2) is 0 Å². The molecular weight excluding hydrogens is 118 g/mol. The van der Waals surface area contributed by atoms with Crippen molar-refractivity contribution in [3.05, 3.63) is 0 Å². The van der Waals surface area contributed by atoms with Gasteiger partial charge in [-0.15, -0.1) is 0 Å². The van der Waals surface area contributed by atoms with Crippen molar-refractivity contribution in [1.82, 2.24) is 0 Å². The van der Waals surface area contributed by atoms with Gasteiger partial charge in [0.1, 0.15) is 0 Å². The largest absolute Gasteiger partial charge is 1.00 e. The van der Waals surface area contributed by atoms with Gasteiger partial charge in [-0.1, -0.05) is 0 Å². The molecule has 0 N–H and O–H groups in total. The summed E-state index contributed by atoms with van der Waals surface area (Å²) in [5.74, 6) is 0. The molecule has 0 heterocycles. The van der Waals surface area contributed by atoms with E-state index in [-0.39, 0.29) is 29.6 Å². The maximum atomic E-state index is 8.55. The monoisotopic (exact) mass is 118 g/mol. The van der Waals surface area contributed by atoms with E-state index in [0.717, 1.165) is 0 Å². The smallest absolute Gasteiger partial charge is 0.822 e. The van der Waals surface area contributed by atoms with Crippen LogP contribution in [0.1, 0.15) is 0 Å². The molecule has 4 nitrogen and oxygen atoms in total. The molecule has 0 aromatic rings. The summed E-state index contributed by atoms with van der Waals surface area (Å²) in [6.07, 6.45) is 0. The van der Waals surface area contributed by atoms with E-state index in [1.165, 1.54) is 0 Å². The van der Waals surface area contributed by atoms with Gasteiger partial charge in [0.05, 0.1) is 0 Å². The van der Waals surface area contributed by atoms with Gasteiger partial charge in [-0.3, -0.25) is 0 Å². The van der Waals surface area contributed by atoms with Crippen LogP contribution in [-0.2, 0) is 4.57 Å². The Kier molecular flexibility index (Phi) is 5.35. The normalized spacial score (nSPS) is 9.83. The molecule has 0 rings (SSSR count). The molecule has 0 fully saturated rings. The van der Waals surface area contributed by atoms with Crippen molar-refractivity contribution in [3.8, 4) is 0 Å². The van der Waals surface area contributed by atoms with Gasteiger partial charge >= 0.3 is 29.6 Å². The SMILES string of the molecule is O=P([O-])([O-])[O-].[Na+]. The number of phosphoric acid groups is 1. The van der Waals surface area contributed by atoms with Crippen LogP contribution < -0.4 is 44.2 Å². The third-order valence-electron chi connectivity index (χ3n) is 0. The number of hydrogen-bond acceptors (Lipinski definition) is 4. The summed E-state index contributed by atoms with van der Waals surface area (Å²) < 4.78 is 8.55. The molecule has 32 valence electrons. The van der Waals surface area contributed by atoms with E-state index in [2.05, 4.69) is 0 Å². The fourth-order valence-corrected chi connectivity index (χ4v) is 0. The fraction of sp³-hybridized carbons (Fsp3) is 0. The van der Waals surface area contributed by atoms with Gasteiger partial charge in [0.25, 0.3) is 0 Å². The Morgan fingerprint density at radius 3 is 1.17 bits per heavy atom. The third-order valence-corrected chi connectivity index (χ3v) is 0. The first kappa shape index (κ1) is 10.2. The molecule has 0 spiro atoms. The standard InChI is InChI=1S/Na.H3O4P/c;1-5(2,3)4/h;(H3,1,2,3,4)/q+1;/p-3. The van der Waals surface area contributed by atoms with E-state index < -0.39 is 7.82 Å². The quantitative estimate of drug-likeness (QED) is 0.234. The minimum Gasteiger partial charge on any atom is -0.822 e. The summed E-state index contributed by atoms with van der Waals surface area (Å²) in [4.78, 5) is 25.6. The summed E-state index contributed by atoms with van der Waals surface area (Å²) in [7, 11) is -5.39. The molecule has 6 heavy (non-hydrogen) atoms. The molecule has 0 bridgehead atoms. The molecule has 0 aromatic carbocycles. The molecule has 0 atom stereocenters. The zero-order valence-corrected chi connectivity index (χ0v) is 5.97. The van der Waals surface area contributed by atoms with Crippen LogP contribution in [0.25, 0.3) is 0 Å². The van der Waals surface area contributed by atoms with Crippen molar-refractivity contribution >= 4 is 7.82 Å². The molecular formula is NaO4P-2. The first-order valence-electron chi connectivity index (χ1n) is 0.730. The molecule has 0 aliphatic carbocycles. The Morgan fingerprint density at radius 1 is 1.17 bits per heavy atom. The molecule has 6 heteroatoms. The Labute approximate surface area is 56.7 Å². The topological polar surface area (TPSA) is 86.2 Å². The van der Waals surface area contributed by atoms with E-state index in [1.54, 1.807) is 0 Å². The van der Waals surface area contributed by atoms with E-state index in [0.29, 0.717) is 0 Å². The Bertz CT molecular complexity index is 53.7. The maximum Gasteiger partial charge on any atom is 1.00 e. The van der Waals surface area contributed by atoms with Crippen molar-refractivity contribution in [2.45, 2.75) is 0 Å². The Balaban J connectivity index is 0. The Hall–Kier alpha value is 1.11. The summed E-state index contributed by atoms with van der Waals surface area (Å²) in [6.45, 7) is 0. The summed E-state index contributed by atoms with van der Waals surface area (Å²) in [5, 5.41) is 0. The first-order chi connectivity index (χ1) is 2.00. The molecule has 0 radical (unpaired) electrons. The predicted octanol–water partition coefficient (Wildman–Crippen LogP) is -5.82. The third kappa shape index (κ3) is 70.1. The first-order valence-corrected chi connectivity index (χ1v) is 2.19. The van der Waals surface area contributed by atoms with Crippen molar-refractivity contribution in [3.63, 3.8) is 0 Å². The second kappa shape index (κ2) is 3.16. The molecule has 0 amide bonds. The van der Waals surface area contributed by atoms with Gasteiger partial charge in [0.15, 0.2) is 0 Å². The second-order valence-electron chi connectivity index (χ2n) is 0.447. The van der Waals surface area contributed by atoms with E-state index in [9.17, 15) is 0 Å². The van der Waals surface area contributed by atoms with Crippen LogP contribution >= 0.6 is 7.82 Å². The number of hydrogen-bond donors (Lipinski definition) is 0. The van der Waals surface area contributed by atoms with Crippen molar-refractivity contribution < 1.29 is 48.8 Å². The van der Waals surface area contributed by atoms with Crippen molar-refractivity contribution in [2.75, 3.05) is 0 Å². The average molecular weight is 118 g/mol. The van der Waals surface area contributed by atoms with Gasteiger partial charge < -0.3 is 19.2 Å². The summed E-state index contributed by atoms with van der Waals surface area (Å²) in [6, 6.07) is 0. The van der Waals surface area contributed by atoms with E-state index in [1.807, 2.05) is 0 Å². The van der Waals surface area contributed by atoms with Crippen LogP contribution in [0.3, 0.4) is 0 Å². The molecule has 0 unspecified atom stereocenters. The second-order valence-corrected chi connectivity index (χ2v) is 1.34. The van der Waals surface area contributed by atoms with Crippen LogP contribution in [0.15, 0.2) is 0 Å². The number of rotatable bonds is 0. The molecule has 0 aliphatic heterocycles. The average Bonchev–Trinajstić information content (AvgIpc) is 0.722. The zero-order chi connectivity index (χ0) is 4.50. The molecule has 0 saturated carbocycles. The Morgan fingerprint density at radius 2 is 1.17 bits per heavy atom. The van der Waals surface area contributed by atoms with Gasteiger partial charge in [-0.2, -0.15) is 7.82 Å². The van der Waals surface area contributed by atoms with Gasteiger partial charge in [-0.25, -0.2) is 0 Å². The predicted molar refractivity (Wildman–Crippen MR) is 7.61 cm³/mol. The maximum absolute atomic E-state index is 8.55.